The van der Waals surface area contributed by atoms with Gasteiger partial charge in [0.15, 0.2) is 0 Å². The molecule has 6 heteroatoms. The molecule has 0 saturated heterocycles. The molecule has 0 spiro atoms. The van der Waals surface area contributed by atoms with E-state index in [-0.39, 0.29) is 5.69 Å². The fraction of sp³-hybridized carbons (Fsp3) is 0.143. The molecule has 0 aliphatic heterocycles. The second-order valence-electron chi connectivity index (χ2n) is 4.09. The van der Waals surface area contributed by atoms with Gasteiger partial charge in [-0.25, -0.2) is 0 Å². The van der Waals surface area contributed by atoms with Gasteiger partial charge in [0.2, 0.25) is 0 Å². The SMILES string of the molecule is COc1ccc([N+](=O)[O-])cc1CNc1ccccc1Cl. The number of hydrogen-bond donors (Lipinski definition) is 1. The summed E-state index contributed by atoms with van der Waals surface area (Å²) in [7, 11) is 1.53. The Balaban J connectivity index is 2.22. The van der Waals surface area contributed by atoms with Crippen LogP contribution < -0.4 is 10.1 Å². The molecule has 0 saturated carbocycles. The van der Waals surface area contributed by atoms with Crippen molar-refractivity contribution in [3.05, 3.63) is 63.2 Å². The van der Waals surface area contributed by atoms with E-state index in [1.807, 2.05) is 18.2 Å². The Morgan fingerprint density at radius 2 is 2.05 bits per heavy atom. The van der Waals surface area contributed by atoms with Crippen molar-refractivity contribution in [2.45, 2.75) is 6.54 Å². The molecule has 20 heavy (non-hydrogen) atoms. The molecule has 2 aromatic rings. The Kier molecular flexibility index (Phi) is 4.42. The van der Waals surface area contributed by atoms with E-state index >= 15 is 0 Å². The van der Waals surface area contributed by atoms with E-state index in [1.165, 1.54) is 19.2 Å². The van der Waals surface area contributed by atoms with E-state index in [9.17, 15) is 10.1 Å². The summed E-state index contributed by atoms with van der Waals surface area (Å²) in [6.45, 7) is 0.384. The zero-order valence-electron chi connectivity index (χ0n) is 10.8. The molecule has 0 unspecified atom stereocenters. The van der Waals surface area contributed by atoms with Gasteiger partial charge in [-0.2, -0.15) is 0 Å². The van der Waals surface area contributed by atoms with Gasteiger partial charge in [0.1, 0.15) is 5.75 Å². The topological polar surface area (TPSA) is 64.4 Å². The first-order valence-corrected chi connectivity index (χ1v) is 6.29. The van der Waals surface area contributed by atoms with E-state index in [2.05, 4.69) is 5.32 Å². The Morgan fingerprint density at radius 1 is 1.30 bits per heavy atom. The number of benzene rings is 2. The molecular formula is C14H13ClN2O3. The van der Waals surface area contributed by atoms with Crippen LogP contribution in [0.5, 0.6) is 5.75 Å². The molecule has 2 aromatic carbocycles. The van der Waals surface area contributed by atoms with Crippen molar-refractivity contribution in [1.82, 2.24) is 0 Å². The Hall–Kier alpha value is -2.27. The molecule has 0 fully saturated rings. The number of nitrogens with zero attached hydrogens (tertiary/aromatic N) is 1. The summed E-state index contributed by atoms with van der Waals surface area (Å²) in [6.07, 6.45) is 0. The highest BCUT2D eigenvalue weighted by atomic mass is 35.5. The fourth-order valence-electron chi connectivity index (χ4n) is 1.81. The zero-order valence-corrected chi connectivity index (χ0v) is 11.6. The number of methoxy groups -OCH3 is 1. The number of para-hydroxylation sites is 1. The van der Waals surface area contributed by atoms with Crippen LogP contribution in [-0.2, 0) is 6.54 Å². The molecule has 0 aromatic heterocycles. The minimum atomic E-state index is -0.432. The molecule has 5 nitrogen and oxygen atoms in total. The largest absolute Gasteiger partial charge is 0.496 e. The Morgan fingerprint density at radius 3 is 2.70 bits per heavy atom. The summed E-state index contributed by atoms with van der Waals surface area (Å²) < 4.78 is 5.20. The second kappa shape index (κ2) is 6.25. The van der Waals surface area contributed by atoms with Crippen molar-refractivity contribution in [3.63, 3.8) is 0 Å². The van der Waals surface area contributed by atoms with Crippen molar-refractivity contribution >= 4 is 23.0 Å². The quantitative estimate of drug-likeness (QED) is 0.671. The van der Waals surface area contributed by atoms with E-state index in [0.29, 0.717) is 22.9 Å². The molecule has 0 amide bonds. The first-order valence-electron chi connectivity index (χ1n) is 5.91. The van der Waals surface area contributed by atoms with Crippen LogP contribution in [0.25, 0.3) is 0 Å². The highest BCUT2D eigenvalue weighted by Crippen LogP contribution is 2.26. The molecule has 1 N–H and O–H groups in total. The lowest BCUT2D eigenvalue weighted by Crippen LogP contribution is -2.03. The number of hydrogen-bond acceptors (Lipinski definition) is 4. The predicted molar refractivity (Wildman–Crippen MR) is 78.4 cm³/mol. The molecule has 0 radical (unpaired) electrons. The fourth-order valence-corrected chi connectivity index (χ4v) is 2.01. The van der Waals surface area contributed by atoms with Gasteiger partial charge in [0, 0.05) is 24.2 Å². The van der Waals surface area contributed by atoms with Crippen LogP contribution in [0, 0.1) is 10.1 Å². The van der Waals surface area contributed by atoms with Crippen molar-refractivity contribution in [3.8, 4) is 5.75 Å². The molecule has 104 valence electrons. The third-order valence-electron chi connectivity index (χ3n) is 2.82. The maximum absolute atomic E-state index is 10.8. The maximum atomic E-state index is 10.8. The van der Waals surface area contributed by atoms with Crippen molar-refractivity contribution < 1.29 is 9.66 Å². The molecule has 0 atom stereocenters. The first kappa shape index (κ1) is 14.1. The summed E-state index contributed by atoms with van der Waals surface area (Å²) in [6, 6.07) is 11.8. The van der Waals surface area contributed by atoms with Gasteiger partial charge >= 0.3 is 0 Å². The zero-order chi connectivity index (χ0) is 14.5. The van der Waals surface area contributed by atoms with Crippen LogP contribution >= 0.6 is 11.6 Å². The van der Waals surface area contributed by atoms with E-state index < -0.39 is 4.92 Å². The van der Waals surface area contributed by atoms with Gasteiger partial charge in [-0.3, -0.25) is 10.1 Å². The van der Waals surface area contributed by atoms with Gasteiger partial charge in [-0.05, 0) is 18.2 Å². The standard InChI is InChI=1S/C14H13ClN2O3/c1-20-14-7-6-11(17(18)19)8-10(14)9-16-13-5-3-2-4-12(13)15/h2-8,16H,9H2,1H3. The lowest BCUT2D eigenvalue weighted by molar-refractivity contribution is -0.384. The Labute approximate surface area is 121 Å². The third-order valence-corrected chi connectivity index (χ3v) is 3.15. The lowest BCUT2D eigenvalue weighted by Gasteiger charge is -2.11. The van der Waals surface area contributed by atoms with Crippen LogP contribution in [0.1, 0.15) is 5.56 Å². The summed E-state index contributed by atoms with van der Waals surface area (Å²) in [5.74, 6) is 0.593. The normalized spacial score (nSPS) is 10.1. The molecular weight excluding hydrogens is 280 g/mol. The number of non-ortho nitro benzene ring substituents is 1. The summed E-state index contributed by atoms with van der Waals surface area (Å²) in [4.78, 5) is 10.4. The Bertz CT molecular complexity index is 632. The smallest absolute Gasteiger partial charge is 0.270 e. The van der Waals surface area contributed by atoms with E-state index in [4.69, 9.17) is 16.3 Å². The van der Waals surface area contributed by atoms with Gasteiger partial charge in [0.25, 0.3) is 5.69 Å². The summed E-state index contributed by atoms with van der Waals surface area (Å²) >= 11 is 6.04. The second-order valence-corrected chi connectivity index (χ2v) is 4.49. The number of nitro groups is 1. The molecule has 0 aliphatic rings. The van der Waals surface area contributed by atoms with Crippen molar-refractivity contribution in [2.24, 2.45) is 0 Å². The van der Waals surface area contributed by atoms with Crippen LogP contribution in [-0.4, -0.2) is 12.0 Å². The summed E-state index contributed by atoms with van der Waals surface area (Å²) in [5, 5.41) is 14.5. The van der Waals surface area contributed by atoms with Crippen LogP contribution in [0.2, 0.25) is 5.02 Å². The van der Waals surface area contributed by atoms with E-state index in [1.54, 1.807) is 12.1 Å². The molecule has 0 bridgehead atoms. The number of nitro benzene ring substituents is 1. The van der Waals surface area contributed by atoms with Crippen LogP contribution in [0.3, 0.4) is 0 Å². The van der Waals surface area contributed by atoms with Gasteiger partial charge in [-0.15, -0.1) is 0 Å². The number of ether oxygens (including phenoxy) is 1. The van der Waals surface area contributed by atoms with Crippen LogP contribution in [0.15, 0.2) is 42.5 Å². The van der Waals surface area contributed by atoms with Crippen LogP contribution in [0.4, 0.5) is 11.4 Å². The summed E-state index contributed by atoms with van der Waals surface area (Å²) in [5.41, 5.74) is 1.49. The number of rotatable bonds is 5. The van der Waals surface area contributed by atoms with Gasteiger partial charge in [-0.1, -0.05) is 23.7 Å². The van der Waals surface area contributed by atoms with Gasteiger partial charge in [0.05, 0.1) is 22.7 Å². The average Bonchev–Trinajstić information content (AvgIpc) is 2.46. The number of halogens is 1. The number of nitrogens with one attached hydrogen (secondary N) is 1. The number of anilines is 1. The van der Waals surface area contributed by atoms with E-state index in [0.717, 1.165) is 5.69 Å². The van der Waals surface area contributed by atoms with Crippen molar-refractivity contribution in [2.75, 3.05) is 12.4 Å². The molecule has 0 aliphatic carbocycles. The highest BCUT2D eigenvalue weighted by Gasteiger charge is 2.11. The minimum Gasteiger partial charge on any atom is -0.496 e. The maximum Gasteiger partial charge on any atom is 0.270 e. The third kappa shape index (κ3) is 3.19. The molecule has 0 heterocycles. The lowest BCUT2D eigenvalue weighted by atomic mass is 10.1. The minimum absolute atomic E-state index is 0.0294. The average molecular weight is 293 g/mol. The highest BCUT2D eigenvalue weighted by molar-refractivity contribution is 6.33. The van der Waals surface area contributed by atoms with Gasteiger partial charge < -0.3 is 10.1 Å². The predicted octanol–water partition coefficient (Wildman–Crippen LogP) is 3.87. The molecule has 2 rings (SSSR count). The van der Waals surface area contributed by atoms with Crippen molar-refractivity contribution in [1.29, 1.82) is 0 Å². The monoisotopic (exact) mass is 292 g/mol. The first-order chi connectivity index (χ1) is 9.61.